The summed E-state index contributed by atoms with van der Waals surface area (Å²) < 4.78 is 24.4. The molecule has 152 valence electrons. The number of halogens is 1. The minimum Gasteiger partial charge on any atom is -0.493 e. The van der Waals surface area contributed by atoms with Crippen LogP contribution in [0.5, 0.6) is 17.2 Å². The number of hydrogen-bond donors (Lipinski definition) is 2. The van der Waals surface area contributed by atoms with Gasteiger partial charge in [0.2, 0.25) is 0 Å². The number of para-hydroxylation sites is 2. The van der Waals surface area contributed by atoms with Gasteiger partial charge in [-0.05, 0) is 42.0 Å². The summed E-state index contributed by atoms with van der Waals surface area (Å²) >= 11 is 0. The highest BCUT2D eigenvalue weighted by molar-refractivity contribution is 6.07. The number of carbonyl (C=O) groups is 2. The van der Waals surface area contributed by atoms with Gasteiger partial charge >= 0.3 is 5.97 Å². The number of benzene rings is 3. The number of aliphatic carboxylic acids is 1. The Kier molecular flexibility index (Phi) is 6.44. The molecule has 1 amide bonds. The van der Waals surface area contributed by atoms with Crippen molar-refractivity contribution in [2.45, 2.75) is 0 Å². The average molecular weight is 407 g/mol. The van der Waals surface area contributed by atoms with Crippen molar-refractivity contribution in [2.24, 2.45) is 0 Å². The number of ether oxygens (including phenoxy) is 2. The second kappa shape index (κ2) is 9.38. The van der Waals surface area contributed by atoms with Gasteiger partial charge in [-0.1, -0.05) is 30.3 Å². The molecule has 0 aliphatic carbocycles. The zero-order valence-electron chi connectivity index (χ0n) is 16.0. The Morgan fingerprint density at radius 2 is 1.70 bits per heavy atom. The Morgan fingerprint density at radius 1 is 0.967 bits per heavy atom. The number of carboxylic acid groups (broad SMARTS) is 1. The van der Waals surface area contributed by atoms with E-state index in [0.717, 1.165) is 6.08 Å². The Labute approximate surface area is 172 Å². The van der Waals surface area contributed by atoms with Gasteiger partial charge in [-0.15, -0.1) is 0 Å². The molecule has 0 saturated heterocycles. The normalized spacial score (nSPS) is 10.6. The molecule has 0 aliphatic heterocycles. The van der Waals surface area contributed by atoms with Crippen LogP contribution in [0.1, 0.15) is 15.9 Å². The molecule has 0 atom stereocenters. The summed E-state index contributed by atoms with van der Waals surface area (Å²) in [5.74, 6) is -1.33. The molecule has 3 rings (SSSR count). The Balaban J connectivity index is 1.88. The maximum absolute atomic E-state index is 13.4. The van der Waals surface area contributed by atoms with Gasteiger partial charge in [-0.25, -0.2) is 9.18 Å². The molecule has 0 radical (unpaired) electrons. The van der Waals surface area contributed by atoms with Crippen LogP contribution in [0.15, 0.2) is 72.8 Å². The first-order valence-corrected chi connectivity index (χ1v) is 8.89. The van der Waals surface area contributed by atoms with Crippen LogP contribution in [-0.4, -0.2) is 24.1 Å². The number of methoxy groups -OCH3 is 1. The third-order valence-electron chi connectivity index (χ3n) is 4.09. The van der Waals surface area contributed by atoms with E-state index < -0.39 is 17.7 Å². The molecule has 0 bridgehead atoms. The summed E-state index contributed by atoms with van der Waals surface area (Å²) in [4.78, 5) is 23.7. The van der Waals surface area contributed by atoms with E-state index in [0.29, 0.717) is 11.3 Å². The first-order valence-electron chi connectivity index (χ1n) is 8.89. The predicted octanol–water partition coefficient (Wildman–Crippen LogP) is 4.98. The molecule has 0 aromatic heterocycles. The quantitative estimate of drug-likeness (QED) is 0.540. The SMILES string of the molecule is COc1cc(F)ccc1Oc1ccccc1C(=O)Nc1ccccc1/C=C/C(=O)O. The largest absolute Gasteiger partial charge is 0.493 e. The lowest BCUT2D eigenvalue weighted by Crippen LogP contribution is -2.13. The van der Waals surface area contributed by atoms with Crippen LogP contribution in [-0.2, 0) is 4.79 Å². The molecule has 6 nitrogen and oxygen atoms in total. The van der Waals surface area contributed by atoms with Gasteiger partial charge in [0.05, 0.1) is 12.7 Å². The number of rotatable bonds is 7. The van der Waals surface area contributed by atoms with E-state index in [2.05, 4.69) is 5.32 Å². The minimum absolute atomic E-state index is 0.189. The van der Waals surface area contributed by atoms with E-state index in [9.17, 15) is 14.0 Å². The number of carbonyl (C=O) groups excluding carboxylic acids is 1. The summed E-state index contributed by atoms with van der Waals surface area (Å²) in [6, 6.07) is 17.2. The number of carboxylic acids is 1. The zero-order chi connectivity index (χ0) is 21.5. The van der Waals surface area contributed by atoms with Gasteiger partial charge in [0.15, 0.2) is 11.5 Å². The topological polar surface area (TPSA) is 84.9 Å². The third-order valence-corrected chi connectivity index (χ3v) is 4.09. The van der Waals surface area contributed by atoms with Gasteiger partial charge in [-0.3, -0.25) is 4.79 Å². The van der Waals surface area contributed by atoms with Gasteiger partial charge < -0.3 is 19.9 Å². The zero-order valence-corrected chi connectivity index (χ0v) is 16.0. The van der Waals surface area contributed by atoms with Crippen LogP contribution in [0.25, 0.3) is 6.08 Å². The molecule has 0 aliphatic rings. The Hall–Kier alpha value is -4.13. The summed E-state index contributed by atoms with van der Waals surface area (Å²) in [5.41, 5.74) is 1.21. The highest BCUT2D eigenvalue weighted by Crippen LogP contribution is 2.34. The number of anilines is 1. The van der Waals surface area contributed by atoms with Crippen molar-refractivity contribution >= 4 is 23.6 Å². The molecule has 3 aromatic rings. The molecule has 0 saturated carbocycles. The summed E-state index contributed by atoms with van der Waals surface area (Å²) in [5, 5.41) is 11.6. The van der Waals surface area contributed by atoms with Crippen molar-refractivity contribution in [3.05, 3.63) is 89.8 Å². The lowest BCUT2D eigenvalue weighted by atomic mass is 10.1. The van der Waals surface area contributed by atoms with Crippen molar-refractivity contribution in [2.75, 3.05) is 12.4 Å². The highest BCUT2D eigenvalue weighted by Gasteiger charge is 2.16. The third kappa shape index (κ3) is 5.02. The summed E-state index contributed by atoms with van der Waals surface area (Å²) in [6.45, 7) is 0. The van der Waals surface area contributed by atoms with Crippen molar-refractivity contribution in [3.63, 3.8) is 0 Å². The first-order chi connectivity index (χ1) is 14.5. The lowest BCUT2D eigenvalue weighted by Gasteiger charge is -2.14. The fourth-order valence-corrected chi connectivity index (χ4v) is 2.69. The van der Waals surface area contributed by atoms with Gasteiger partial charge in [0, 0.05) is 17.8 Å². The molecule has 2 N–H and O–H groups in total. The van der Waals surface area contributed by atoms with E-state index in [-0.39, 0.29) is 22.8 Å². The number of nitrogens with one attached hydrogen (secondary N) is 1. The van der Waals surface area contributed by atoms with Crippen LogP contribution in [0, 0.1) is 5.82 Å². The average Bonchev–Trinajstić information content (AvgIpc) is 2.74. The van der Waals surface area contributed by atoms with E-state index in [1.165, 1.54) is 31.4 Å². The van der Waals surface area contributed by atoms with Crippen molar-refractivity contribution in [1.29, 1.82) is 0 Å². The molecule has 0 spiro atoms. The molecule has 3 aromatic carbocycles. The Bertz CT molecular complexity index is 1110. The molecular formula is C23H18FNO5. The molecule has 0 fully saturated rings. The molecular weight excluding hydrogens is 389 g/mol. The van der Waals surface area contributed by atoms with Gasteiger partial charge in [-0.2, -0.15) is 0 Å². The highest BCUT2D eigenvalue weighted by atomic mass is 19.1. The minimum atomic E-state index is -1.09. The van der Waals surface area contributed by atoms with Crippen molar-refractivity contribution < 1.29 is 28.6 Å². The van der Waals surface area contributed by atoms with Crippen LogP contribution >= 0.6 is 0 Å². The first kappa shape index (κ1) is 20.6. The maximum Gasteiger partial charge on any atom is 0.328 e. The smallest absolute Gasteiger partial charge is 0.328 e. The van der Waals surface area contributed by atoms with Crippen LogP contribution in [0.2, 0.25) is 0 Å². The Morgan fingerprint density at radius 3 is 2.47 bits per heavy atom. The second-order valence-electron chi connectivity index (χ2n) is 6.11. The molecule has 7 heteroatoms. The van der Waals surface area contributed by atoms with Crippen molar-refractivity contribution in [3.8, 4) is 17.2 Å². The maximum atomic E-state index is 13.4. The summed E-state index contributed by atoms with van der Waals surface area (Å²) in [7, 11) is 1.39. The number of hydrogen-bond acceptors (Lipinski definition) is 4. The van der Waals surface area contributed by atoms with Crippen molar-refractivity contribution in [1.82, 2.24) is 0 Å². The summed E-state index contributed by atoms with van der Waals surface area (Å²) in [6.07, 6.45) is 2.38. The van der Waals surface area contributed by atoms with E-state index in [1.807, 2.05) is 0 Å². The number of amides is 1. The van der Waals surface area contributed by atoms with Crippen LogP contribution in [0.4, 0.5) is 10.1 Å². The second-order valence-corrected chi connectivity index (χ2v) is 6.11. The predicted molar refractivity (Wildman–Crippen MR) is 111 cm³/mol. The monoisotopic (exact) mass is 407 g/mol. The fraction of sp³-hybridized carbons (Fsp3) is 0.0435. The molecule has 0 unspecified atom stereocenters. The van der Waals surface area contributed by atoms with Crippen LogP contribution < -0.4 is 14.8 Å². The van der Waals surface area contributed by atoms with E-state index in [1.54, 1.807) is 48.5 Å². The van der Waals surface area contributed by atoms with Gasteiger partial charge in [0.1, 0.15) is 11.6 Å². The van der Waals surface area contributed by atoms with Crippen LogP contribution in [0.3, 0.4) is 0 Å². The van der Waals surface area contributed by atoms with E-state index in [4.69, 9.17) is 14.6 Å². The fourth-order valence-electron chi connectivity index (χ4n) is 2.69. The molecule has 30 heavy (non-hydrogen) atoms. The van der Waals surface area contributed by atoms with E-state index >= 15 is 0 Å². The molecule has 0 heterocycles. The standard InChI is InChI=1S/C23H18FNO5/c1-29-21-14-16(24)11-12-20(21)30-19-9-5-3-7-17(19)23(28)25-18-8-4-2-6-15(18)10-13-22(26)27/h2-14H,1H3,(H,25,28)(H,26,27)/b13-10+. The van der Waals surface area contributed by atoms with Gasteiger partial charge in [0.25, 0.3) is 5.91 Å². The lowest BCUT2D eigenvalue weighted by molar-refractivity contribution is -0.131.